The second-order valence-corrected chi connectivity index (χ2v) is 5.82. The Morgan fingerprint density at radius 3 is 2.52 bits per heavy atom. The second-order valence-electron chi connectivity index (χ2n) is 5.82. The van der Waals surface area contributed by atoms with Gasteiger partial charge in [-0.3, -0.25) is 4.98 Å². The van der Waals surface area contributed by atoms with Crippen molar-refractivity contribution >= 4 is 11.8 Å². The van der Waals surface area contributed by atoms with Crippen LogP contribution in [0.2, 0.25) is 0 Å². The van der Waals surface area contributed by atoms with Crippen LogP contribution in [0, 0.1) is 6.92 Å². The maximum Gasteiger partial charge on any atom is 0.225 e. The summed E-state index contributed by atoms with van der Waals surface area (Å²) in [5.41, 5.74) is 2.16. The van der Waals surface area contributed by atoms with E-state index in [1.807, 2.05) is 19.1 Å². The molecule has 2 aromatic heterocycles. The number of nitrogens with one attached hydrogen (secondary N) is 1. The topological polar surface area (TPSA) is 57.2 Å². The molecule has 0 radical (unpaired) electrons. The number of anilines is 2. The zero-order valence-corrected chi connectivity index (χ0v) is 13.9. The van der Waals surface area contributed by atoms with E-state index in [-0.39, 0.29) is 0 Å². The van der Waals surface area contributed by atoms with Gasteiger partial charge in [0.05, 0.1) is 0 Å². The van der Waals surface area contributed by atoms with Crippen LogP contribution in [-0.4, -0.2) is 52.6 Å². The number of pyridine rings is 1. The van der Waals surface area contributed by atoms with Gasteiger partial charge in [0.1, 0.15) is 5.82 Å². The Morgan fingerprint density at radius 1 is 1.09 bits per heavy atom. The third kappa shape index (κ3) is 4.16. The van der Waals surface area contributed by atoms with Crippen LogP contribution < -0.4 is 10.2 Å². The van der Waals surface area contributed by atoms with Crippen molar-refractivity contribution in [3.05, 3.63) is 41.9 Å². The summed E-state index contributed by atoms with van der Waals surface area (Å²) in [4.78, 5) is 18.0. The van der Waals surface area contributed by atoms with Crippen LogP contribution in [0.25, 0.3) is 0 Å². The highest BCUT2D eigenvalue weighted by atomic mass is 15.3. The number of likely N-dealkylation sites (N-methyl/N-ethyl adjacent to an activating group) is 1. The SMILES string of the molecule is CCN1CCN(c2cc(C)nc(NCc3ccncc3)n2)CC1. The Hall–Kier alpha value is -2.21. The average molecular weight is 312 g/mol. The van der Waals surface area contributed by atoms with Crippen molar-refractivity contribution in [2.75, 3.05) is 42.9 Å². The van der Waals surface area contributed by atoms with Crippen LogP contribution in [0.15, 0.2) is 30.6 Å². The fraction of sp³-hybridized carbons (Fsp3) is 0.471. The maximum atomic E-state index is 4.69. The van der Waals surface area contributed by atoms with Gasteiger partial charge in [-0.25, -0.2) is 4.98 Å². The van der Waals surface area contributed by atoms with Crippen molar-refractivity contribution in [2.24, 2.45) is 0 Å². The molecule has 1 aliphatic rings. The molecule has 6 nitrogen and oxygen atoms in total. The Bertz CT molecular complexity index is 622. The summed E-state index contributed by atoms with van der Waals surface area (Å²) in [6, 6.07) is 6.06. The molecule has 0 amide bonds. The fourth-order valence-corrected chi connectivity index (χ4v) is 2.77. The molecule has 0 atom stereocenters. The van der Waals surface area contributed by atoms with Gasteiger partial charge in [0, 0.05) is 56.9 Å². The number of aryl methyl sites for hydroxylation is 1. The predicted octanol–water partition coefficient (Wildman–Crippen LogP) is 1.93. The van der Waals surface area contributed by atoms with Crippen molar-refractivity contribution in [1.82, 2.24) is 19.9 Å². The van der Waals surface area contributed by atoms with E-state index in [1.165, 1.54) is 5.56 Å². The molecule has 0 saturated carbocycles. The van der Waals surface area contributed by atoms with Gasteiger partial charge in [0.2, 0.25) is 5.95 Å². The summed E-state index contributed by atoms with van der Waals surface area (Å²) >= 11 is 0. The van der Waals surface area contributed by atoms with E-state index < -0.39 is 0 Å². The highest BCUT2D eigenvalue weighted by Gasteiger charge is 2.17. The van der Waals surface area contributed by atoms with Crippen molar-refractivity contribution < 1.29 is 0 Å². The van der Waals surface area contributed by atoms with Crippen LogP contribution >= 0.6 is 0 Å². The summed E-state index contributed by atoms with van der Waals surface area (Å²) in [6.45, 7) is 10.3. The van der Waals surface area contributed by atoms with E-state index in [1.54, 1.807) is 12.4 Å². The van der Waals surface area contributed by atoms with Gasteiger partial charge in [0.25, 0.3) is 0 Å². The minimum atomic E-state index is 0.690. The molecule has 1 fully saturated rings. The minimum Gasteiger partial charge on any atom is -0.354 e. The molecule has 0 aromatic carbocycles. The summed E-state index contributed by atoms with van der Waals surface area (Å²) in [5, 5.41) is 3.31. The van der Waals surface area contributed by atoms with E-state index in [0.29, 0.717) is 12.5 Å². The lowest BCUT2D eigenvalue weighted by Crippen LogP contribution is -2.46. The van der Waals surface area contributed by atoms with Crippen molar-refractivity contribution in [3.8, 4) is 0 Å². The molecule has 0 unspecified atom stereocenters. The summed E-state index contributed by atoms with van der Waals surface area (Å²) < 4.78 is 0. The normalized spacial score (nSPS) is 15.7. The molecule has 0 spiro atoms. The third-order valence-corrected chi connectivity index (χ3v) is 4.18. The molecule has 23 heavy (non-hydrogen) atoms. The van der Waals surface area contributed by atoms with Crippen LogP contribution in [0.4, 0.5) is 11.8 Å². The van der Waals surface area contributed by atoms with E-state index in [4.69, 9.17) is 4.98 Å². The fourth-order valence-electron chi connectivity index (χ4n) is 2.77. The van der Waals surface area contributed by atoms with Crippen molar-refractivity contribution in [1.29, 1.82) is 0 Å². The number of piperazine rings is 1. The molecular formula is C17H24N6. The minimum absolute atomic E-state index is 0.690. The highest BCUT2D eigenvalue weighted by molar-refractivity contribution is 5.45. The highest BCUT2D eigenvalue weighted by Crippen LogP contribution is 2.17. The lowest BCUT2D eigenvalue weighted by molar-refractivity contribution is 0.270. The molecule has 3 rings (SSSR count). The quantitative estimate of drug-likeness (QED) is 0.910. The third-order valence-electron chi connectivity index (χ3n) is 4.18. The number of nitrogens with zero attached hydrogens (tertiary/aromatic N) is 5. The summed E-state index contributed by atoms with van der Waals surface area (Å²) in [6.07, 6.45) is 3.60. The average Bonchev–Trinajstić information content (AvgIpc) is 2.60. The van der Waals surface area contributed by atoms with Crippen molar-refractivity contribution in [2.45, 2.75) is 20.4 Å². The monoisotopic (exact) mass is 312 g/mol. The first-order valence-electron chi connectivity index (χ1n) is 8.20. The molecule has 122 valence electrons. The Balaban J connectivity index is 1.67. The van der Waals surface area contributed by atoms with Gasteiger partial charge >= 0.3 is 0 Å². The zero-order valence-electron chi connectivity index (χ0n) is 13.9. The molecule has 1 N–H and O–H groups in total. The lowest BCUT2D eigenvalue weighted by atomic mass is 10.3. The smallest absolute Gasteiger partial charge is 0.225 e. The largest absolute Gasteiger partial charge is 0.354 e. The molecule has 2 aromatic rings. The standard InChI is InChI=1S/C17H24N6/c1-3-22-8-10-23(11-9-22)16-12-14(2)20-17(21-16)19-13-15-4-6-18-7-5-15/h4-7,12H,3,8-11,13H2,1-2H3,(H,19,20,21). The number of hydrogen-bond acceptors (Lipinski definition) is 6. The van der Waals surface area contributed by atoms with E-state index in [0.717, 1.165) is 44.2 Å². The Morgan fingerprint density at radius 2 is 1.83 bits per heavy atom. The van der Waals surface area contributed by atoms with Gasteiger partial charge in [0.15, 0.2) is 0 Å². The molecule has 0 aliphatic carbocycles. The Labute approximate surface area is 137 Å². The number of aromatic nitrogens is 3. The summed E-state index contributed by atoms with van der Waals surface area (Å²) in [5.74, 6) is 1.71. The van der Waals surface area contributed by atoms with Crippen molar-refractivity contribution in [3.63, 3.8) is 0 Å². The lowest BCUT2D eigenvalue weighted by Gasteiger charge is -2.34. The van der Waals surface area contributed by atoms with Crippen LogP contribution in [-0.2, 0) is 6.54 Å². The van der Waals surface area contributed by atoms with Gasteiger partial charge in [-0.1, -0.05) is 6.92 Å². The van der Waals surface area contributed by atoms with Crippen LogP contribution in [0.3, 0.4) is 0 Å². The number of hydrogen-bond donors (Lipinski definition) is 1. The molecule has 1 saturated heterocycles. The van der Waals surface area contributed by atoms with Crippen LogP contribution in [0.1, 0.15) is 18.2 Å². The van der Waals surface area contributed by atoms with Gasteiger partial charge in [-0.05, 0) is 31.2 Å². The van der Waals surface area contributed by atoms with E-state index in [9.17, 15) is 0 Å². The molecule has 1 aliphatic heterocycles. The zero-order chi connectivity index (χ0) is 16.1. The summed E-state index contributed by atoms with van der Waals surface area (Å²) in [7, 11) is 0. The molecule has 0 bridgehead atoms. The van der Waals surface area contributed by atoms with Gasteiger partial charge < -0.3 is 15.1 Å². The second kappa shape index (κ2) is 7.37. The predicted molar refractivity (Wildman–Crippen MR) is 92.7 cm³/mol. The van der Waals surface area contributed by atoms with E-state index in [2.05, 4.69) is 38.1 Å². The maximum absolute atomic E-state index is 4.69. The first kappa shape index (κ1) is 15.7. The molecule has 3 heterocycles. The first-order chi connectivity index (χ1) is 11.2. The van der Waals surface area contributed by atoms with Crippen LogP contribution in [0.5, 0.6) is 0 Å². The molecular weight excluding hydrogens is 288 g/mol. The first-order valence-corrected chi connectivity index (χ1v) is 8.20. The van der Waals surface area contributed by atoms with Gasteiger partial charge in [-0.2, -0.15) is 4.98 Å². The molecule has 6 heteroatoms. The number of rotatable bonds is 5. The van der Waals surface area contributed by atoms with E-state index >= 15 is 0 Å². The van der Waals surface area contributed by atoms with Gasteiger partial charge in [-0.15, -0.1) is 0 Å². The Kier molecular flexibility index (Phi) is 5.02.